The molecule has 0 amide bonds. The van der Waals surface area contributed by atoms with Gasteiger partial charge in [-0.25, -0.2) is 0 Å². The second-order valence-electron chi connectivity index (χ2n) is 4.67. The van der Waals surface area contributed by atoms with Crippen LogP contribution in [0, 0.1) is 5.41 Å². The third-order valence-corrected chi connectivity index (χ3v) is 2.62. The summed E-state index contributed by atoms with van der Waals surface area (Å²) in [5.41, 5.74) is 4.52. The fourth-order valence-electron chi connectivity index (χ4n) is 1.65. The van der Waals surface area contributed by atoms with Crippen molar-refractivity contribution in [1.82, 2.24) is 4.98 Å². The molecule has 0 N–H and O–H groups in total. The van der Waals surface area contributed by atoms with Crippen LogP contribution in [0.5, 0.6) is 0 Å². The molecule has 0 fully saturated rings. The standard InChI is InChI=1S/C12H15N/c1-12(2,3)11-6-9-4-5-13-8-10(9)7-11/h4-5,7-8H,6H2,1-3H3. The van der Waals surface area contributed by atoms with Crippen LogP contribution in [0.1, 0.15) is 31.9 Å². The molecule has 0 aliphatic heterocycles. The maximum absolute atomic E-state index is 4.13. The van der Waals surface area contributed by atoms with Gasteiger partial charge in [-0.3, -0.25) is 4.98 Å². The minimum absolute atomic E-state index is 0.291. The highest BCUT2D eigenvalue weighted by atomic mass is 14.6. The average Bonchev–Trinajstić information content (AvgIpc) is 2.45. The average molecular weight is 173 g/mol. The third-order valence-electron chi connectivity index (χ3n) is 2.62. The topological polar surface area (TPSA) is 12.9 Å². The molecule has 1 heterocycles. The number of rotatable bonds is 0. The second kappa shape index (κ2) is 2.69. The normalized spacial score (nSPS) is 15.5. The van der Waals surface area contributed by atoms with Crippen molar-refractivity contribution in [2.75, 3.05) is 0 Å². The van der Waals surface area contributed by atoms with Gasteiger partial charge in [-0.05, 0) is 29.0 Å². The Hall–Kier alpha value is -1.11. The van der Waals surface area contributed by atoms with Crippen molar-refractivity contribution in [3.8, 4) is 0 Å². The number of hydrogen-bond acceptors (Lipinski definition) is 1. The van der Waals surface area contributed by atoms with Crippen molar-refractivity contribution in [1.29, 1.82) is 0 Å². The Bertz CT molecular complexity index is 356. The van der Waals surface area contributed by atoms with Gasteiger partial charge in [0.25, 0.3) is 0 Å². The monoisotopic (exact) mass is 173 g/mol. The van der Waals surface area contributed by atoms with Crippen molar-refractivity contribution in [3.05, 3.63) is 35.2 Å². The first-order valence-electron chi connectivity index (χ1n) is 4.71. The molecule has 0 unspecified atom stereocenters. The Morgan fingerprint density at radius 3 is 2.69 bits per heavy atom. The molecule has 0 saturated carbocycles. The third kappa shape index (κ3) is 1.51. The SMILES string of the molecule is CC(C)(C)C1=Cc2cnccc2C1. The molecular formula is C12H15N. The summed E-state index contributed by atoms with van der Waals surface area (Å²) < 4.78 is 0. The van der Waals surface area contributed by atoms with E-state index in [4.69, 9.17) is 0 Å². The lowest BCUT2D eigenvalue weighted by Crippen LogP contribution is -2.08. The lowest BCUT2D eigenvalue weighted by molar-refractivity contribution is 0.498. The van der Waals surface area contributed by atoms with Gasteiger partial charge in [0.05, 0.1) is 0 Å². The molecule has 1 aliphatic rings. The number of fused-ring (bicyclic) bond motifs is 1. The van der Waals surface area contributed by atoms with Gasteiger partial charge in [0.2, 0.25) is 0 Å². The van der Waals surface area contributed by atoms with E-state index < -0.39 is 0 Å². The van der Waals surface area contributed by atoms with Crippen LogP contribution in [-0.2, 0) is 6.42 Å². The smallest absolute Gasteiger partial charge is 0.0343 e. The highest BCUT2D eigenvalue weighted by molar-refractivity contribution is 5.63. The zero-order chi connectivity index (χ0) is 9.47. The van der Waals surface area contributed by atoms with Crippen LogP contribution in [0.25, 0.3) is 6.08 Å². The largest absolute Gasteiger partial charge is 0.264 e. The quantitative estimate of drug-likeness (QED) is 0.587. The number of allylic oxidation sites excluding steroid dienone is 1. The molecule has 1 aromatic rings. The number of pyridine rings is 1. The Labute approximate surface area is 79.5 Å². The molecule has 1 nitrogen and oxygen atoms in total. The molecule has 0 bridgehead atoms. The molecule has 2 rings (SSSR count). The van der Waals surface area contributed by atoms with Crippen LogP contribution in [-0.4, -0.2) is 4.98 Å². The maximum atomic E-state index is 4.13. The summed E-state index contributed by atoms with van der Waals surface area (Å²) in [6, 6.07) is 2.12. The summed E-state index contributed by atoms with van der Waals surface area (Å²) in [7, 11) is 0. The second-order valence-corrected chi connectivity index (χ2v) is 4.67. The molecule has 1 aliphatic carbocycles. The Kier molecular flexibility index (Phi) is 1.76. The van der Waals surface area contributed by atoms with Crippen LogP contribution in [0.3, 0.4) is 0 Å². The van der Waals surface area contributed by atoms with Crippen LogP contribution >= 0.6 is 0 Å². The fraction of sp³-hybridized carbons (Fsp3) is 0.417. The first kappa shape index (κ1) is 8.49. The predicted molar refractivity (Wildman–Crippen MR) is 55.4 cm³/mol. The minimum Gasteiger partial charge on any atom is -0.264 e. The molecule has 0 spiro atoms. The zero-order valence-corrected chi connectivity index (χ0v) is 8.46. The van der Waals surface area contributed by atoms with Crippen molar-refractivity contribution in [2.45, 2.75) is 27.2 Å². The number of nitrogens with zero attached hydrogens (tertiary/aromatic N) is 1. The lowest BCUT2D eigenvalue weighted by Gasteiger charge is -2.19. The number of hydrogen-bond donors (Lipinski definition) is 0. The highest BCUT2D eigenvalue weighted by Crippen LogP contribution is 2.35. The Morgan fingerprint density at radius 2 is 2.08 bits per heavy atom. The van der Waals surface area contributed by atoms with Crippen molar-refractivity contribution in [3.63, 3.8) is 0 Å². The Balaban J connectivity index is 2.37. The van der Waals surface area contributed by atoms with E-state index in [1.54, 1.807) is 0 Å². The first-order chi connectivity index (χ1) is 6.07. The van der Waals surface area contributed by atoms with E-state index in [0.29, 0.717) is 5.41 Å². The molecule has 0 aromatic carbocycles. The summed E-state index contributed by atoms with van der Waals surface area (Å²) in [4.78, 5) is 4.13. The summed E-state index contributed by atoms with van der Waals surface area (Å²) in [6.45, 7) is 6.79. The van der Waals surface area contributed by atoms with Gasteiger partial charge >= 0.3 is 0 Å². The fourth-order valence-corrected chi connectivity index (χ4v) is 1.65. The lowest BCUT2D eigenvalue weighted by atomic mass is 9.85. The predicted octanol–water partition coefficient (Wildman–Crippen LogP) is 3.07. The van der Waals surface area contributed by atoms with E-state index in [0.717, 1.165) is 6.42 Å². The van der Waals surface area contributed by atoms with E-state index in [-0.39, 0.29) is 0 Å². The highest BCUT2D eigenvalue weighted by Gasteiger charge is 2.22. The molecule has 0 atom stereocenters. The van der Waals surface area contributed by atoms with Crippen LogP contribution in [0.15, 0.2) is 24.0 Å². The first-order valence-corrected chi connectivity index (χ1v) is 4.71. The molecular weight excluding hydrogens is 158 g/mol. The molecule has 0 saturated heterocycles. The summed E-state index contributed by atoms with van der Waals surface area (Å²) in [5.74, 6) is 0. The minimum atomic E-state index is 0.291. The summed E-state index contributed by atoms with van der Waals surface area (Å²) >= 11 is 0. The molecule has 13 heavy (non-hydrogen) atoms. The molecule has 68 valence electrons. The summed E-state index contributed by atoms with van der Waals surface area (Å²) in [6.07, 6.45) is 7.20. The van der Waals surface area contributed by atoms with Crippen LogP contribution in [0.4, 0.5) is 0 Å². The van der Waals surface area contributed by atoms with Gasteiger partial charge in [0, 0.05) is 12.4 Å². The van der Waals surface area contributed by atoms with E-state index in [1.807, 2.05) is 12.4 Å². The Morgan fingerprint density at radius 1 is 1.31 bits per heavy atom. The van der Waals surface area contributed by atoms with Crippen molar-refractivity contribution >= 4 is 6.08 Å². The molecule has 0 radical (unpaired) electrons. The maximum Gasteiger partial charge on any atom is 0.0343 e. The van der Waals surface area contributed by atoms with Crippen LogP contribution in [0.2, 0.25) is 0 Å². The van der Waals surface area contributed by atoms with Gasteiger partial charge in [0.1, 0.15) is 0 Å². The van der Waals surface area contributed by atoms with E-state index in [9.17, 15) is 0 Å². The van der Waals surface area contributed by atoms with E-state index in [1.165, 1.54) is 16.7 Å². The van der Waals surface area contributed by atoms with E-state index >= 15 is 0 Å². The van der Waals surface area contributed by atoms with Crippen molar-refractivity contribution in [2.24, 2.45) is 5.41 Å². The molecule has 1 heteroatoms. The number of aromatic nitrogens is 1. The zero-order valence-electron chi connectivity index (χ0n) is 8.46. The van der Waals surface area contributed by atoms with Crippen LogP contribution < -0.4 is 0 Å². The van der Waals surface area contributed by atoms with Crippen molar-refractivity contribution < 1.29 is 0 Å². The van der Waals surface area contributed by atoms with Gasteiger partial charge < -0.3 is 0 Å². The van der Waals surface area contributed by atoms with Gasteiger partial charge in [-0.1, -0.05) is 32.4 Å². The van der Waals surface area contributed by atoms with E-state index in [2.05, 4.69) is 37.9 Å². The van der Waals surface area contributed by atoms with Gasteiger partial charge in [0.15, 0.2) is 0 Å². The van der Waals surface area contributed by atoms with Gasteiger partial charge in [-0.2, -0.15) is 0 Å². The molecule has 1 aromatic heterocycles. The van der Waals surface area contributed by atoms with Gasteiger partial charge in [-0.15, -0.1) is 0 Å². The summed E-state index contributed by atoms with van der Waals surface area (Å²) in [5, 5.41) is 0.